The number of carbonyl (C=O) groups is 1. The Morgan fingerprint density at radius 3 is 2.95 bits per heavy atom. The lowest BCUT2D eigenvalue weighted by Crippen LogP contribution is -2.48. The topological polar surface area (TPSA) is 67.8 Å². The number of halogens is 2. The molecule has 2 rings (SSSR count). The van der Waals surface area contributed by atoms with E-state index in [2.05, 4.69) is 5.32 Å². The van der Waals surface area contributed by atoms with Crippen molar-refractivity contribution in [2.45, 2.75) is 31.4 Å². The van der Waals surface area contributed by atoms with E-state index in [0.717, 1.165) is 12.0 Å². The Bertz CT molecular complexity index is 563. The second-order valence-electron chi connectivity index (χ2n) is 5.50. The van der Waals surface area contributed by atoms with E-state index in [1.54, 1.807) is 12.1 Å². The number of benzene rings is 1. The van der Waals surface area contributed by atoms with Crippen LogP contribution in [0.5, 0.6) is 5.75 Å². The highest BCUT2D eigenvalue weighted by atomic mass is 35.5. The molecule has 1 heterocycles. The van der Waals surface area contributed by atoms with E-state index in [0.29, 0.717) is 28.8 Å². The van der Waals surface area contributed by atoms with Gasteiger partial charge in [-0.15, -0.1) is 0 Å². The van der Waals surface area contributed by atoms with Crippen LogP contribution in [0.4, 0.5) is 0 Å². The van der Waals surface area contributed by atoms with Crippen molar-refractivity contribution >= 4 is 29.1 Å². The van der Waals surface area contributed by atoms with Crippen LogP contribution < -0.4 is 10.1 Å². The Kier molecular flexibility index (Phi) is 5.55. The molecule has 0 bridgehead atoms. The van der Waals surface area contributed by atoms with Crippen LogP contribution in [0.2, 0.25) is 10.0 Å². The zero-order valence-electron chi connectivity index (χ0n) is 12.5. The number of fused-ring (bicyclic) bond motifs is 1. The smallest absolute Gasteiger partial charge is 0.254 e. The van der Waals surface area contributed by atoms with E-state index in [9.17, 15) is 9.90 Å². The van der Waals surface area contributed by atoms with Crippen LogP contribution in [-0.4, -0.2) is 36.9 Å². The summed E-state index contributed by atoms with van der Waals surface area (Å²) < 4.78 is 10.5. The highest BCUT2D eigenvalue weighted by Crippen LogP contribution is 2.41. The van der Waals surface area contributed by atoms with E-state index in [4.69, 9.17) is 32.7 Å². The summed E-state index contributed by atoms with van der Waals surface area (Å²) in [4.78, 5) is 12.3. The number of hydrogen-bond acceptors (Lipinski definition) is 4. The number of nitrogens with one attached hydrogen (secondary N) is 1. The van der Waals surface area contributed by atoms with Crippen LogP contribution in [-0.2, 0) is 9.53 Å². The molecule has 0 aliphatic carbocycles. The molecule has 2 atom stereocenters. The van der Waals surface area contributed by atoms with Crippen molar-refractivity contribution in [3.05, 3.63) is 27.7 Å². The van der Waals surface area contributed by atoms with Gasteiger partial charge in [-0.05, 0) is 25.8 Å². The van der Waals surface area contributed by atoms with Crippen LogP contribution in [0.3, 0.4) is 0 Å². The predicted octanol–water partition coefficient (Wildman–Crippen LogP) is 2.72. The normalized spacial score (nSPS) is 20.3. The van der Waals surface area contributed by atoms with Gasteiger partial charge in [-0.25, -0.2) is 0 Å². The van der Waals surface area contributed by atoms with Crippen LogP contribution in [0.25, 0.3) is 0 Å². The maximum atomic E-state index is 12.3. The molecule has 2 N–H and O–H groups in total. The number of rotatable bonds is 4. The van der Waals surface area contributed by atoms with Crippen molar-refractivity contribution in [3.8, 4) is 5.75 Å². The van der Waals surface area contributed by atoms with E-state index in [1.807, 2.05) is 0 Å². The van der Waals surface area contributed by atoms with Gasteiger partial charge >= 0.3 is 0 Å². The summed E-state index contributed by atoms with van der Waals surface area (Å²) >= 11 is 12.2. The second kappa shape index (κ2) is 7.04. The van der Waals surface area contributed by atoms with Crippen LogP contribution >= 0.6 is 23.2 Å². The Balaban J connectivity index is 2.26. The maximum Gasteiger partial charge on any atom is 0.254 e. The maximum absolute atomic E-state index is 12.3. The average Bonchev–Trinajstić information content (AvgIpc) is 2.66. The SMILES string of the molecule is COC[C@](C)(O)C(=O)N[C@H]1CCCOc2c1ccc(Cl)c2Cl. The summed E-state index contributed by atoms with van der Waals surface area (Å²) in [5.41, 5.74) is -0.841. The third-order valence-corrected chi connectivity index (χ3v) is 4.35. The first-order valence-corrected chi connectivity index (χ1v) is 7.75. The minimum absolute atomic E-state index is 0.0870. The van der Waals surface area contributed by atoms with Gasteiger partial charge in [-0.2, -0.15) is 0 Å². The van der Waals surface area contributed by atoms with E-state index >= 15 is 0 Å². The molecule has 1 aliphatic heterocycles. The molecular weight excluding hydrogens is 329 g/mol. The molecule has 1 aromatic rings. The summed E-state index contributed by atoms with van der Waals surface area (Å²) in [6, 6.07) is 3.15. The zero-order chi connectivity index (χ0) is 16.3. The average molecular weight is 348 g/mol. The van der Waals surface area contributed by atoms with Gasteiger partial charge in [0.1, 0.15) is 10.8 Å². The Labute approximate surface area is 139 Å². The van der Waals surface area contributed by atoms with Crippen molar-refractivity contribution < 1.29 is 19.4 Å². The summed E-state index contributed by atoms with van der Waals surface area (Å²) in [6.45, 7) is 1.82. The fraction of sp³-hybridized carbons (Fsp3) is 0.533. The summed E-state index contributed by atoms with van der Waals surface area (Å²) in [5, 5.41) is 13.7. The Morgan fingerprint density at radius 2 is 2.27 bits per heavy atom. The molecule has 0 radical (unpaired) electrons. The monoisotopic (exact) mass is 347 g/mol. The molecule has 0 saturated heterocycles. The largest absolute Gasteiger partial charge is 0.492 e. The predicted molar refractivity (Wildman–Crippen MR) is 84.6 cm³/mol. The van der Waals surface area contributed by atoms with Gasteiger partial charge in [0.15, 0.2) is 5.60 Å². The van der Waals surface area contributed by atoms with Crippen molar-refractivity contribution in [2.75, 3.05) is 20.3 Å². The highest BCUT2D eigenvalue weighted by molar-refractivity contribution is 6.43. The van der Waals surface area contributed by atoms with Crippen molar-refractivity contribution in [3.63, 3.8) is 0 Å². The molecule has 1 aliphatic rings. The number of methoxy groups -OCH3 is 1. The van der Waals surface area contributed by atoms with Gasteiger partial charge in [0.05, 0.1) is 24.3 Å². The molecule has 1 aromatic carbocycles. The molecule has 5 nitrogen and oxygen atoms in total. The number of aliphatic hydroxyl groups is 1. The van der Waals surface area contributed by atoms with Crippen LogP contribution in [0.1, 0.15) is 31.4 Å². The number of carbonyl (C=O) groups excluding carboxylic acids is 1. The summed E-state index contributed by atoms with van der Waals surface area (Å²) in [5.74, 6) is -0.0124. The summed E-state index contributed by atoms with van der Waals surface area (Å²) in [6.07, 6.45) is 1.43. The lowest BCUT2D eigenvalue weighted by atomic mass is 10.00. The molecule has 0 aromatic heterocycles. The van der Waals surface area contributed by atoms with Crippen molar-refractivity contribution in [1.29, 1.82) is 0 Å². The molecule has 0 saturated carbocycles. The Morgan fingerprint density at radius 1 is 1.55 bits per heavy atom. The fourth-order valence-electron chi connectivity index (χ4n) is 2.40. The van der Waals surface area contributed by atoms with Gasteiger partial charge in [0, 0.05) is 12.7 Å². The van der Waals surface area contributed by atoms with E-state index < -0.39 is 11.5 Å². The van der Waals surface area contributed by atoms with Crippen LogP contribution in [0, 0.1) is 0 Å². The molecule has 7 heteroatoms. The molecule has 0 fully saturated rings. The quantitative estimate of drug-likeness (QED) is 0.878. The third kappa shape index (κ3) is 3.66. The van der Waals surface area contributed by atoms with E-state index in [1.165, 1.54) is 14.0 Å². The standard InChI is InChI=1S/C15H19Cl2NO4/c1-15(20,8-21-2)14(19)18-11-4-3-7-22-13-9(11)5-6-10(16)12(13)17/h5-6,11,20H,3-4,7-8H2,1-2H3,(H,18,19)/t11-,15-/m0/s1. The minimum Gasteiger partial charge on any atom is -0.492 e. The molecule has 0 unspecified atom stereocenters. The lowest BCUT2D eigenvalue weighted by Gasteiger charge is -2.26. The van der Waals surface area contributed by atoms with Gasteiger partial charge in [-0.3, -0.25) is 4.79 Å². The first-order valence-electron chi connectivity index (χ1n) is 7.00. The van der Waals surface area contributed by atoms with Crippen molar-refractivity contribution in [2.24, 2.45) is 0 Å². The van der Waals surface area contributed by atoms with Crippen LogP contribution in [0.15, 0.2) is 12.1 Å². The molecule has 22 heavy (non-hydrogen) atoms. The Hall–Kier alpha value is -1.01. The number of amides is 1. The molecule has 122 valence electrons. The molecular formula is C15H19Cl2NO4. The molecule has 0 spiro atoms. The van der Waals surface area contributed by atoms with Crippen molar-refractivity contribution in [1.82, 2.24) is 5.32 Å². The van der Waals surface area contributed by atoms with E-state index in [-0.39, 0.29) is 12.6 Å². The minimum atomic E-state index is -1.60. The van der Waals surface area contributed by atoms with Gasteiger partial charge < -0.3 is 19.9 Å². The first-order chi connectivity index (χ1) is 10.4. The fourth-order valence-corrected chi connectivity index (χ4v) is 2.77. The summed E-state index contributed by atoms with van der Waals surface area (Å²) in [7, 11) is 1.43. The van der Waals surface area contributed by atoms with Gasteiger partial charge in [0.25, 0.3) is 5.91 Å². The van der Waals surface area contributed by atoms with Gasteiger partial charge in [0.2, 0.25) is 0 Å². The number of ether oxygens (including phenoxy) is 2. The van der Waals surface area contributed by atoms with Gasteiger partial charge in [-0.1, -0.05) is 29.3 Å². The zero-order valence-corrected chi connectivity index (χ0v) is 14.0. The number of hydrogen-bond donors (Lipinski definition) is 2. The third-order valence-electron chi connectivity index (χ3n) is 3.56. The molecule has 1 amide bonds. The second-order valence-corrected chi connectivity index (χ2v) is 6.29. The first kappa shape index (κ1) is 17.3. The highest BCUT2D eigenvalue weighted by Gasteiger charge is 2.33. The lowest BCUT2D eigenvalue weighted by molar-refractivity contribution is -0.143.